The maximum atomic E-state index is 13.0. The molecule has 2 fully saturated rings. The zero-order valence-corrected chi connectivity index (χ0v) is 13.0. The van der Waals surface area contributed by atoms with E-state index in [1.54, 1.807) is 0 Å². The van der Waals surface area contributed by atoms with E-state index in [4.69, 9.17) is 4.74 Å². The fraction of sp³-hybridized carbons (Fsp3) is 0.500. The van der Waals surface area contributed by atoms with Gasteiger partial charge < -0.3 is 14.6 Å². The van der Waals surface area contributed by atoms with E-state index in [9.17, 15) is 4.79 Å². The molecule has 1 aliphatic heterocycles. The van der Waals surface area contributed by atoms with Gasteiger partial charge in [-0.2, -0.15) is 0 Å². The lowest BCUT2D eigenvalue weighted by atomic mass is 10.0. The van der Waals surface area contributed by atoms with E-state index in [1.807, 2.05) is 18.0 Å². The van der Waals surface area contributed by atoms with Crippen molar-refractivity contribution in [2.45, 2.75) is 50.8 Å². The van der Waals surface area contributed by atoms with Crippen LogP contribution < -0.4 is 0 Å². The molecule has 0 spiro atoms. The maximum absolute atomic E-state index is 13.0. The Morgan fingerprint density at radius 3 is 3.00 bits per heavy atom. The number of nitrogens with one attached hydrogen (secondary N) is 1. The highest BCUT2D eigenvalue weighted by Crippen LogP contribution is 2.35. The van der Waals surface area contributed by atoms with E-state index in [-0.39, 0.29) is 5.91 Å². The van der Waals surface area contributed by atoms with Crippen molar-refractivity contribution < 1.29 is 9.53 Å². The fourth-order valence-electron chi connectivity index (χ4n) is 3.40. The van der Waals surface area contributed by atoms with Crippen molar-refractivity contribution >= 4 is 16.8 Å². The van der Waals surface area contributed by atoms with Gasteiger partial charge in [-0.25, -0.2) is 0 Å². The van der Waals surface area contributed by atoms with Crippen LogP contribution in [0.2, 0.25) is 0 Å². The van der Waals surface area contributed by atoms with Crippen molar-refractivity contribution in [2.24, 2.45) is 0 Å². The minimum atomic E-state index is -0.610. The van der Waals surface area contributed by atoms with E-state index < -0.39 is 5.60 Å². The second-order valence-corrected chi connectivity index (χ2v) is 6.75. The van der Waals surface area contributed by atoms with Gasteiger partial charge in [0.2, 0.25) is 0 Å². The molecule has 1 aromatic heterocycles. The van der Waals surface area contributed by atoms with Gasteiger partial charge in [0.05, 0.1) is 0 Å². The van der Waals surface area contributed by atoms with E-state index in [0.29, 0.717) is 19.2 Å². The summed E-state index contributed by atoms with van der Waals surface area (Å²) in [5, 5.41) is 1.20. The van der Waals surface area contributed by atoms with Gasteiger partial charge >= 0.3 is 0 Å². The van der Waals surface area contributed by atoms with Crippen LogP contribution in [-0.4, -0.2) is 34.0 Å². The molecule has 4 nitrogen and oxygen atoms in total. The number of aromatic nitrogens is 1. The molecule has 4 heteroatoms. The molecule has 1 aliphatic carbocycles. The average molecular weight is 298 g/mol. The molecule has 2 heterocycles. The zero-order valence-electron chi connectivity index (χ0n) is 13.0. The number of hydrogen-bond donors (Lipinski definition) is 1. The zero-order chi connectivity index (χ0) is 15.2. The summed E-state index contributed by atoms with van der Waals surface area (Å²) in [6, 6.07) is 8.85. The standard InChI is InChI=1S/C18H22N2O2/c1-18(8-2-10-22-18)17(21)20(15-4-5-15)12-13-3-6-16-14(11-13)7-9-19-16/h3,6-7,9,11,15,19H,2,4-5,8,10,12H2,1H3/t18-/m1/s1. The monoisotopic (exact) mass is 298 g/mol. The van der Waals surface area contributed by atoms with Gasteiger partial charge in [-0.05, 0) is 61.8 Å². The van der Waals surface area contributed by atoms with E-state index in [2.05, 4.69) is 29.2 Å². The molecule has 1 saturated heterocycles. The Kier molecular flexibility index (Phi) is 3.22. The first kappa shape index (κ1) is 13.8. The van der Waals surface area contributed by atoms with Crippen LogP contribution in [-0.2, 0) is 16.1 Å². The molecular weight excluding hydrogens is 276 g/mol. The Morgan fingerprint density at radius 1 is 1.41 bits per heavy atom. The number of hydrogen-bond acceptors (Lipinski definition) is 2. The lowest BCUT2D eigenvalue weighted by Crippen LogP contribution is -2.47. The van der Waals surface area contributed by atoms with E-state index >= 15 is 0 Å². The maximum Gasteiger partial charge on any atom is 0.255 e. The Balaban J connectivity index is 1.58. The molecule has 1 N–H and O–H groups in total. The van der Waals surface area contributed by atoms with Gasteiger partial charge in [-0.3, -0.25) is 4.79 Å². The third-order valence-corrected chi connectivity index (χ3v) is 4.89. The number of rotatable bonds is 4. The number of carbonyl (C=O) groups excluding carboxylic acids is 1. The van der Waals surface area contributed by atoms with E-state index in [0.717, 1.165) is 31.2 Å². The second-order valence-electron chi connectivity index (χ2n) is 6.75. The highest BCUT2D eigenvalue weighted by molar-refractivity contribution is 5.86. The van der Waals surface area contributed by atoms with Crippen LogP contribution in [0.1, 0.15) is 38.2 Å². The number of H-pyrrole nitrogens is 1. The molecule has 0 bridgehead atoms. The van der Waals surface area contributed by atoms with Gasteiger partial charge in [0.25, 0.3) is 5.91 Å². The number of aromatic amines is 1. The van der Waals surface area contributed by atoms with Crippen molar-refractivity contribution in [3.8, 4) is 0 Å². The number of fused-ring (bicyclic) bond motifs is 1. The first-order valence-electron chi connectivity index (χ1n) is 8.17. The molecule has 116 valence electrons. The third kappa shape index (κ3) is 2.41. The summed E-state index contributed by atoms with van der Waals surface area (Å²) in [5.74, 6) is 0.168. The topological polar surface area (TPSA) is 45.3 Å². The van der Waals surface area contributed by atoms with Gasteiger partial charge in [0, 0.05) is 30.9 Å². The highest BCUT2D eigenvalue weighted by atomic mass is 16.5. The number of nitrogens with zero attached hydrogens (tertiary/aromatic N) is 1. The summed E-state index contributed by atoms with van der Waals surface area (Å²) in [5.41, 5.74) is 1.72. The minimum Gasteiger partial charge on any atom is -0.365 e. The molecule has 0 radical (unpaired) electrons. The molecule has 2 aromatic rings. The van der Waals surface area contributed by atoms with Crippen LogP contribution in [0.4, 0.5) is 0 Å². The Hall–Kier alpha value is -1.81. The van der Waals surface area contributed by atoms with Crippen molar-refractivity contribution in [2.75, 3.05) is 6.61 Å². The first-order chi connectivity index (χ1) is 10.7. The number of amides is 1. The normalized spacial score (nSPS) is 24.8. The third-order valence-electron chi connectivity index (χ3n) is 4.89. The smallest absolute Gasteiger partial charge is 0.255 e. The van der Waals surface area contributed by atoms with Gasteiger partial charge in [0.1, 0.15) is 5.60 Å². The van der Waals surface area contributed by atoms with Gasteiger partial charge in [-0.15, -0.1) is 0 Å². The molecule has 1 saturated carbocycles. The lowest BCUT2D eigenvalue weighted by Gasteiger charge is -2.31. The van der Waals surface area contributed by atoms with Crippen LogP contribution in [0.5, 0.6) is 0 Å². The van der Waals surface area contributed by atoms with Crippen molar-refractivity contribution in [3.63, 3.8) is 0 Å². The summed E-state index contributed by atoms with van der Waals surface area (Å²) in [6.07, 6.45) is 6.01. The molecular formula is C18H22N2O2. The molecule has 2 aliphatic rings. The predicted octanol–water partition coefficient (Wildman–Crippen LogP) is 3.23. The molecule has 1 atom stereocenters. The number of ether oxygens (including phenoxy) is 1. The molecule has 1 amide bonds. The number of carbonyl (C=O) groups is 1. The molecule has 22 heavy (non-hydrogen) atoms. The van der Waals surface area contributed by atoms with Crippen LogP contribution in [0, 0.1) is 0 Å². The average Bonchev–Trinajstić information content (AvgIpc) is 3.08. The number of benzene rings is 1. The summed E-state index contributed by atoms with van der Waals surface area (Å²) >= 11 is 0. The van der Waals surface area contributed by atoms with Crippen molar-refractivity contribution in [1.82, 2.24) is 9.88 Å². The van der Waals surface area contributed by atoms with Gasteiger partial charge in [0.15, 0.2) is 0 Å². The molecule has 4 rings (SSSR count). The Labute approximate surface area is 130 Å². The Bertz CT molecular complexity index is 696. The first-order valence-corrected chi connectivity index (χ1v) is 8.17. The largest absolute Gasteiger partial charge is 0.365 e. The SMILES string of the molecule is C[C@]1(C(=O)N(Cc2ccc3[nH]ccc3c2)C2CC2)CCCO1. The van der Waals surface area contributed by atoms with Crippen molar-refractivity contribution in [3.05, 3.63) is 36.0 Å². The van der Waals surface area contributed by atoms with Crippen LogP contribution in [0.3, 0.4) is 0 Å². The second kappa shape index (κ2) is 5.13. The van der Waals surface area contributed by atoms with Gasteiger partial charge in [-0.1, -0.05) is 6.07 Å². The predicted molar refractivity (Wildman–Crippen MR) is 85.5 cm³/mol. The van der Waals surface area contributed by atoms with E-state index in [1.165, 1.54) is 10.9 Å². The van der Waals surface area contributed by atoms with Crippen molar-refractivity contribution in [1.29, 1.82) is 0 Å². The fourth-order valence-corrected chi connectivity index (χ4v) is 3.40. The Morgan fingerprint density at radius 2 is 2.27 bits per heavy atom. The van der Waals surface area contributed by atoms with Crippen LogP contribution in [0.25, 0.3) is 10.9 Å². The molecule has 0 unspecified atom stereocenters. The summed E-state index contributed by atoms with van der Waals surface area (Å²) < 4.78 is 5.76. The molecule has 1 aromatic carbocycles. The van der Waals surface area contributed by atoms with Crippen LogP contribution in [0.15, 0.2) is 30.5 Å². The summed E-state index contributed by atoms with van der Waals surface area (Å²) in [7, 11) is 0. The lowest BCUT2D eigenvalue weighted by molar-refractivity contribution is -0.152. The quantitative estimate of drug-likeness (QED) is 0.942. The van der Waals surface area contributed by atoms with Crippen LogP contribution >= 0.6 is 0 Å². The minimum absolute atomic E-state index is 0.168. The summed E-state index contributed by atoms with van der Waals surface area (Å²) in [4.78, 5) is 18.2. The summed E-state index contributed by atoms with van der Waals surface area (Å²) in [6.45, 7) is 3.34. The highest BCUT2D eigenvalue weighted by Gasteiger charge is 2.44.